The van der Waals surface area contributed by atoms with Crippen molar-refractivity contribution in [2.24, 2.45) is 5.73 Å². The summed E-state index contributed by atoms with van der Waals surface area (Å²) < 4.78 is 18.0. The third-order valence-electron chi connectivity index (χ3n) is 3.65. The lowest BCUT2D eigenvalue weighted by Crippen LogP contribution is -2.31. The molecule has 1 fully saturated rings. The molecule has 0 aromatic heterocycles. The average Bonchev–Trinajstić information content (AvgIpc) is 3.29. The van der Waals surface area contributed by atoms with Gasteiger partial charge in [-0.15, -0.1) is 0 Å². The number of carbonyl (C=O) groups excluding carboxylic acids is 2. The topological polar surface area (TPSA) is 72.6 Å². The zero-order chi connectivity index (χ0) is 15.0. The van der Waals surface area contributed by atoms with E-state index >= 15 is 0 Å². The molecule has 3 rings (SSSR count). The van der Waals surface area contributed by atoms with Gasteiger partial charge in [0.15, 0.2) is 0 Å². The van der Waals surface area contributed by atoms with E-state index in [4.69, 9.17) is 10.5 Å². The summed E-state index contributed by atoms with van der Waals surface area (Å²) in [6.07, 6.45) is 2.10. The van der Waals surface area contributed by atoms with Crippen LogP contribution in [0.1, 0.15) is 33.6 Å². The highest BCUT2D eigenvalue weighted by molar-refractivity contribution is 6.23. The second-order valence-electron chi connectivity index (χ2n) is 5.15. The number of nitrogens with zero attached hydrogens (tertiary/aromatic N) is 1. The number of rotatable bonds is 5. The minimum Gasteiger partial charge on any atom is -0.488 e. The summed E-state index contributed by atoms with van der Waals surface area (Å²) >= 11 is 0. The van der Waals surface area contributed by atoms with E-state index in [0.29, 0.717) is 17.6 Å². The van der Waals surface area contributed by atoms with Crippen LogP contribution in [0.2, 0.25) is 0 Å². The maximum absolute atomic E-state index is 12.5. The molecule has 5 nitrogen and oxygen atoms in total. The van der Waals surface area contributed by atoms with Crippen molar-refractivity contribution in [3.63, 3.8) is 0 Å². The monoisotopic (exact) mass is 290 g/mol. The van der Waals surface area contributed by atoms with Gasteiger partial charge in [0.2, 0.25) is 0 Å². The molecule has 6 heteroatoms. The number of amides is 2. The van der Waals surface area contributed by atoms with Crippen molar-refractivity contribution >= 4 is 11.8 Å². The number of halogens is 1. The molecule has 2 amide bonds. The van der Waals surface area contributed by atoms with E-state index in [-0.39, 0.29) is 42.1 Å². The van der Waals surface area contributed by atoms with Crippen LogP contribution in [0.4, 0.5) is 4.39 Å². The maximum Gasteiger partial charge on any atom is 0.265 e. The largest absolute Gasteiger partial charge is 0.488 e. The van der Waals surface area contributed by atoms with Crippen molar-refractivity contribution in [3.05, 3.63) is 41.2 Å². The molecule has 1 saturated carbocycles. The molecule has 0 spiro atoms. The first-order chi connectivity index (χ1) is 10.2. The Kier molecular flexibility index (Phi) is 3.47. The van der Waals surface area contributed by atoms with Crippen LogP contribution in [0.5, 0.6) is 5.75 Å². The van der Waals surface area contributed by atoms with Crippen molar-refractivity contribution < 1.29 is 18.7 Å². The molecule has 1 aliphatic carbocycles. The second-order valence-corrected chi connectivity index (χ2v) is 5.15. The van der Waals surface area contributed by atoms with Crippen molar-refractivity contribution in [2.45, 2.75) is 18.9 Å². The van der Waals surface area contributed by atoms with E-state index < -0.39 is 0 Å². The summed E-state index contributed by atoms with van der Waals surface area (Å²) in [5, 5.41) is 0. The predicted molar refractivity (Wildman–Crippen MR) is 73.7 cm³/mol. The highest BCUT2D eigenvalue weighted by Gasteiger charge is 2.45. The fourth-order valence-electron chi connectivity index (χ4n) is 2.36. The first kappa shape index (κ1) is 13.8. The number of benzene rings is 1. The lowest BCUT2D eigenvalue weighted by molar-refractivity contribution is 0.0641. The Balaban J connectivity index is 1.89. The Morgan fingerprint density at radius 1 is 1.38 bits per heavy atom. The van der Waals surface area contributed by atoms with Crippen LogP contribution >= 0.6 is 0 Å². The van der Waals surface area contributed by atoms with Crippen LogP contribution in [0, 0.1) is 0 Å². The number of imide groups is 1. The minimum atomic E-state index is -0.327. The summed E-state index contributed by atoms with van der Waals surface area (Å²) in [6.45, 7) is -0.0129. The molecule has 1 aromatic rings. The van der Waals surface area contributed by atoms with E-state index in [9.17, 15) is 14.0 Å². The summed E-state index contributed by atoms with van der Waals surface area (Å²) in [5.74, 6) is -0.309. The molecule has 0 atom stereocenters. The van der Waals surface area contributed by atoms with Crippen LogP contribution in [-0.4, -0.2) is 35.9 Å². The average molecular weight is 290 g/mol. The van der Waals surface area contributed by atoms with Gasteiger partial charge in [-0.1, -0.05) is 6.07 Å². The van der Waals surface area contributed by atoms with Gasteiger partial charge < -0.3 is 10.5 Å². The van der Waals surface area contributed by atoms with Gasteiger partial charge in [0, 0.05) is 18.2 Å². The van der Waals surface area contributed by atoms with Gasteiger partial charge in [-0.25, -0.2) is 4.39 Å². The molecule has 0 radical (unpaired) electrons. The highest BCUT2D eigenvalue weighted by atomic mass is 19.1. The number of hydrogen-bond acceptors (Lipinski definition) is 4. The van der Waals surface area contributed by atoms with E-state index in [1.54, 1.807) is 18.2 Å². The maximum atomic E-state index is 12.5. The molecule has 110 valence electrons. The lowest BCUT2D eigenvalue weighted by Gasteiger charge is -2.12. The predicted octanol–water partition coefficient (Wildman–Crippen LogP) is 1.64. The number of ether oxygens (including phenoxy) is 1. The van der Waals surface area contributed by atoms with Gasteiger partial charge in [-0.05, 0) is 25.0 Å². The van der Waals surface area contributed by atoms with Crippen LogP contribution in [0.3, 0.4) is 0 Å². The van der Waals surface area contributed by atoms with Gasteiger partial charge in [0.1, 0.15) is 12.4 Å². The zero-order valence-corrected chi connectivity index (χ0v) is 11.3. The number of hydrogen-bond donors (Lipinski definition) is 1. The first-order valence-electron chi connectivity index (χ1n) is 6.79. The van der Waals surface area contributed by atoms with Crippen LogP contribution in [0.25, 0.3) is 0 Å². The van der Waals surface area contributed by atoms with E-state index in [1.165, 1.54) is 4.90 Å². The Morgan fingerprint density at radius 2 is 2.14 bits per heavy atom. The normalized spacial score (nSPS) is 18.2. The highest BCUT2D eigenvalue weighted by Crippen LogP contribution is 2.38. The van der Waals surface area contributed by atoms with Crippen molar-refractivity contribution in [1.29, 1.82) is 0 Å². The number of nitrogens with two attached hydrogens (primary N) is 1. The molecule has 21 heavy (non-hydrogen) atoms. The zero-order valence-electron chi connectivity index (χ0n) is 11.3. The molecule has 1 aromatic carbocycles. The number of fused-ring (bicyclic) bond motifs is 1. The summed E-state index contributed by atoms with van der Waals surface area (Å²) in [5.41, 5.74) is 6.26. The second kappa shape index (κ2) is 5.29. The SMILES string of the molecule is NCC(=CF)COc1cccc2c1C(=O)N(C1CC1)C2=O. The van der Waals surface area contributed by atoms with Crippen molar-refractivity contribution in [2.75, 3.05) is 13.2 Å². The fourth-order valence-corrected chi connectivity index (χ4v) is 2.36. The summed E-state index contributed by atoms with van der Waals surface area (Å²) in [4.78, 5) is 26.0. The summed E-state index contributed by atoms with van der Waals surface area (Å²) in [7, 11) is 0. The smallest absolute Gasteiger partial charge is 0.265 e. The van der Waals surface area contributed by atoms with E-state index in [2.05, 4.69) is 0 Å². The molecule has 0 unspecified atom stereocenters. The van der Waals surface area contributed by atoms with Crippen LogP contribution in [-0.2, 0) is 0 Å². The fraction of sp³-hybridized carbons (Fsp3) is 0.333. The van der Waals surface area contributed by atoms with Crippen LogP contribution < -0.4 is 10.5 Å². The van der Waals surface area contributed by atoms with Gasteiger partial charge in [0.25, 0.3) is 11.8 Å². The lowest BCUT2D eigenvalue weighted by atomic mass is 10.1. The summed E-state index contributed by atoms with van der Waals surface area (Å²) in [6, 6.07) is 4.87. The standard InChI is InChI=1S/C15H15FN2O3/c16-6-9(7-17)8-21-12-3-1-2-11-13(12)15(20)18(14(11)19)10-4-5-10/h1-3,6,10H,4-5,7-8,17H2. The quantitative estimate of drug-likeness (QED) is 0.837. The Hall–Kier alpha value is -2.21. The molecule has 1 heterocycles. The van der Waals surface area contributed by atoms with Crippen LogP contribution in [0.15, 0.2) is 30.1 Å². The Morgan fingerprint density at radius 3 is 2.76 bits per heavy atom. The van der Waals surface area contributed by atoms with Gasteiger partial charge in [0.05, 0.1) is 17.5 Å². The Labute approximate surface area is 121 Å². The first-order valence-corrected chi connectivity index (χ1v) is 6.79. The van der Waals surface area contributed by atoms with Gasteiger partial charge in [-0.2, -0.15) is 0 Å². The molecule has 0 saturated heterocycles. The van der Waals surface area contributed by atoms with Crippen molar-refractivity contribution in [3.8, 4) is 5.75 Å². The molecule has 0 bridgehead atoms. The van der Waals surface area contributed by atoms with Crippen molar-refractivity contribution in [1.82, 2.24) is 4.90 Å². The third kappa shape index (κ3) is 2.31. The van der Waals surface area contributed by atoms with E-state index in [0.717, 1.165) is 12.8 Å². The molecule has 2 aliphatic rings. The molecular weight excluding hydrogens is 275 g/mol. The van der Waals surface area contributed by atoms with Gasteiger partial charge >= 0.3 is 0 Å². The minimum absolute atomic E-state index is 0.00981. The molecule has 1 aliphatic heterocycles. The molecule has 2 N–H and O–H groups in total. The number of carbonyl (C=O) groups is 2. The Bertz CT molecular complexity index is 638. The molecular formula is C15H15FN2O3. The van der Waals surface area contributed by atoms with E-state index in [1.807, 2.05) is 0 Å². The van der Waals surface area contributed by atoms with Gasteiger partial charge in [-0.3, -0.25) is 14.5 Å². The third-order valence-corrected chi connectivity index (χ3v) is 3.65.